The van der Waals surface area contributed by atoms with E-state index >= 15 is 0 Å². The number of amides is 1. The van der Waals surface area contributed by atoms with E-state index in [0.717, 1.165) is 54.4 Å². The van der Waals surface area contributed by atoms with Gasteiger partial charge in [0.15, 0.2) is 16.7 Å². The molecule has 0 atom stereocenters. The van der Waals surface area contributed by atoms with Crippen LogP contribution in [0.25, 0.3) is 0 Å². The highest BCUT2D eigenvalue weighted by molar-refractivity contribution is 7.98. The van der Waals surface area contributed by atoms with Gasteiger partial charge in [0.25, 0.3) is 5.91 Å². The normalized spacial score (nSPS) is 13.0. The van der Waals surface area contributed by atoms with Crippen molar-refractivity contribution in [1.82, 2.24) is 14.9 Å². The van der Waals surface area contributed by atoms with Gasteiger partial charge in [-0.1, -0.05) is 41.6 Å². The molecule has 1 fully saturated rings. The lowest BCUT2D eigenvalue weighted by molar-refractivity contribution is 0.0747. The van der Waals surface area contributed by atoms with Crippen molar-refractivity contribution in [3.8, 4) is 17.2 Å². The maximum absolute atomic E-state index is 13.2. The first-order chi connectivity index (χ1) is 21.9. The number of aromatic nitrogens is 2. The summed E-state index contributed by atoms with van der Waals surface area (Å²) in [5.74, 6) is 3.73. The van der Waals surface area contributed by atoms with Crippen molar-refractivity contribution in [2.24, 2.45) is 0 Å². The fourth-order valence-electron chi connectivity index (χ4n) is 5.13. The average Bonchev–Trinajstić information content (AvgIpc) is 3.09. The highest BCUT2D eigenvalue weighted by atomic mass is 35.5. The van der Waals surface area contributed by atoms with E-state index in [1.165, 1.54) is 11.8 Å². The number of benzene rings is 3. The topological polar surface area (TPSA) is 80.3 Å². The summed E-state index contributed by atoms with van der Waals surface area (Å²) in [6, 6.07) is 23.6. The highest BCUT2D eigenvalue weighted by Gasteiger charge is 2.22. The minimum atomic E-state index is 0.0579. The molecule has 1 amide bonds. The molecular weight excluding hydrogens is 610 g/mol. The molecule has 2 heterocycles. The van der Waals surface area contributed by atoms with Crippen LogP contribution in [0.3, 0.4) is 0 Å². The van der Waals surface area contributed by atoms with Crippen LogP contribution in [0.4, 0.5) is 11.5 Å². The van der Waals surface area contributed by atoms with Crippen LogP contribution in [-0.4, -0.2) is 81.9 Å². The minimum absolute atomic E-state index is 0.0579. The van der Waals surface area contributed by atoms with Crippen LogP contribution in [0.1, 0.15) is 21.5 Å². The Morgan fingerprint density at radius 3 is 2.20 bits per heavy atom. The van der Waals surface area contributed by atoms with Crippen LogP contribution >= 0.6 is 23.4 Å². The summed E-state index contributed by atoms with van der Waals surface area (Å²) in [6.45, 7) is 3.68. The molecule has 0 spiro atoms. The molecule has 11 heteroatoms. The zero-order valence-corrected chi connectivity index (χ0v) is 27.6. The number of nitrogens with zero attached hydrogens (tertiary/aromatic N) is 5. The van der Waals surface area contributed by atoms with E-state index < -0.39 is 0 Å². The second kappa shape index (κ2) is 15.2. The second-order valence-electron chi connectivity index (χ2n) is 10.7. The third-order valence-corrected chi connectivity index (χ3v) is 8.92. The van der Waals surface area contributed by atoms with Gasteiger partial charge in [0, 0.05) is 62.8 Å². The van der Waals surface area contributed by atoms with Gasteiger partial charge in [-0.15, -0.1) is 0 Å². The summed E-state index contributed by atoms with van der Waals surface area (Å²) in [5, 5.41) is 0.999. The number of carbonyl (C=O) groups excluding carboxylic acids is 1. The van der Waals surface area contributed by atoms with Gasteiger partial charge in [-0.05, 0) is 66.1 Å². The molecule has 0 bridgehead atoms. The van der Waals surface area contributed by atoms with Crippen LogP contribution in [0.15, 0.2) is 78.0 Å². The first kappa shape index (κ1) is 32.2. The summed E-state index contributed by atoms with van der Waals surface area (Å²) in [6.07, 6.45) is 0.796. The standard InChI is InChI=1S/C34H38ClN5O4S/c1-38(16-15-24-7-14-29(43-3)30(21-24)44-4)32-22-31(35)36-34(37-32)45-23-25-5-8-26(9-6-25)33(41)40-19-17-39(18-20-40)27-10-12-28(42-2)13-11-27/h5-14,21-22H,15-20,23H2,1-4H3. The van der Waals surface area contributed by atoms with Gasteiger partial charge < -0.3 is 28.9 Å². The van der Waals surface area contributed by atoms with E-state index in [-0.39, 0.29) is 5.91 Å². The van der Waals surface area contributed by atoms with Crippen LogP contribution in [0, 0.1) is 0 Å². The van der Waals surface area contributed by atoms with Crippen molar-refractivity contribution >= 4 is 40.8 Å². The monoisotopic (exact) mass is 647 g/mol. The molecule has 1 aliphatic rings. The Hall–Kier alpha value is -4.15. The van der Waals surface area contributed by atoms with Gasteiger partial charge in [0.2, 0.25) is 0 Å². The van der Waals surface area contributed by atoms with Crippen molar-refractivity contribution in [3.63, 3.8) is 0 Å². The number of thioether (sulfide) groups is 1. The fraction of sp³-hybridized carbons (Fsp3) is 0.324. The minimum Gasteiger partial charge on any atom is -0.497 e. The number of hydrogen-bond donors (Lipinski definition) is 0. The Balaban J connectivity index is 1.12. The van der Waals surface area contributed by atoms with Gasteiger partial charge in [-0.3, -0.25) is 4.79 Å². The van der Waals surface area contributed by atoms with Crippen molar-refractivity contribution in [2.45, 2.75) is 17.3 Å². The summed E-state index contributed by atoms with van der Waals surface area (Å²) >= 11 is 7.89. The summed E-state index contributed by atoms with van der Waals surface area (Å²) in [7, 11) is 6.92. The summed E-state index contributed by atoms with van der Waals surface area (Å²) < 4.78 is 16.0. The molecule has 236 valence electrons. The Morgan fingerprint density at radius 2 is 1.53 bits per heavy atom. The Bertz CT molecular complexity index is 1580. The number of carbonyl (C=O) groups is 1. The van der Waals surface area contributed by atoms with Gasteiger partial charge in [-0.2, -0.15) is 0 Å². The van der Waals surface area contributed by atoms with Gasteiger partial charge >= 0.3 is 0 Å². The Labute approximate surface area is 274 Å². The van der Waals surface area contributed by atoms with E-state index in [2.05, 4.69) is 26.9 Å². The molecule has 1 saturated heterocycles. The lowest BCUT2D eigenvalue weighted by Gasteiger charge is -2.36. The van der Waals surface area contributed by atoms with Gasteiger partial charge in [-0.25, -0.2) is 9.97 Å². The molecule has 9 nitrogen and oxygen atoms in total. The molecule has 4 aromatic rings. The zero-order valence-electron chi connectivity index (χ0n) is 26.0. The lowest BCUT2D eigenvalue weighted by Crippen LogP contribution is -2.48. The first-order valence-corrected chi connectivity index (χ1v) is 16.1. The van der Waals surface area contributed by atoms with Gasteiger partial charge in [0.1, 0.15) is 16.7 Å². The lowest BCUT2D eigenvalue weighted by atomic mass is 10.1. The number of halogens is 1. The number of anilines is 2. The predicted molar refractivity (Wildman–Crippen MR) is 181 cm³/mol. The number of likely N-dealkylation sites (N-methyl/N-ethyl adjacent to an activating group) is 1. The smallest absolute Gasteiger partial charge is 0.253 e. The largest absolute Gasteiger partial charge is 0.497 e. The van der Waals surface area contributed by atoms with Crippen molar-refractivity contribution < 1.29 is 19.0 Å². The van der Waals surface area contributed by atoms with Crippen LogP contribution < -0.4 is 24.0 Å². The second-order valence-corrected chi connectivity index (χ2v) is 12.0. The molecule has 0 N–H and O–H groups in total. The molecular formula is C34H38ClN5O4S. The quantitative estimate of drug-likeness (QED) is 0.103. The Kier molecular flexibility index (Phi) is 10.9. The highest BCUT2D eigenvalue weighted by Crippen LogP contribution is 2.29. The van der Waals surface area contributed by atoms with E-state index in [0.29, 0.717) is 46.2 Å². The molecule has 0 aliphatic carbocycles. The Morgan fingerprint density at radius 1 is 0.844 bits per heavy atom. The maximum atomic E-state index is 13.2. The van der Waals surface area contributed by atoms with E-state index in [4.69, 9.17) is 30.8 Å². The summed E-state index contributed by atoms with van der Waals surface area (Å²) in [4.78, 5) is 28.6. The SMILES string of the molecule is COc1ccc(N2CCN(C(=O)c3ccc(CSc4nc(Cl)cc(N(C)CCc5ccc(OC)c(OC)c5)n4)cc3)CC2)cc1. The van der Waals surface area contributed by atoms with Crippen LogP contribution in [-0.2, 0) is 12.2 Å². The molecule has 1 aromatic heterocycles. The molecule has 1 aliphatic heterocycles. The fourth-order valence-corrected chi connectivity index (χ4v) is 6.16. The molecule has 0 saturated carbocycles. The maximum Gasteiger partial charge on any atom is 0.253 e. The molecule has 0 radical (unpaired) electrons. The van der Waals surface area contributed by atoms with Crippen LogP contribution in [0.5, 0.6) is 17.2 Å². The number of hydrogen-bond acceptors (Lipinski definition) is 9. The third kappa shape index (κ3) is 8.32. The summed E-state index contributed by atoms with van der Waals surface area (Å²) in [5.41, 5.74) is 4.04. The van der Waals surface area contributed by atoms with Gasteiger partial charge in [0.05, 0.1) is 21.3 Å². The number of rotatable bonds is 12. The molecule has 45 heavy (non-hydrogen) atoms. The van der Waals surface area contributed by atoms with E-state index in [9.17, 15) is 4.79 Å². The number of ether oxygens (including phenoxy) is 3. The van der Waals surface area contributed by atoms with Crippen molar-refractivity contribution in [1.29, 1.82) is 0 Å². The van der Waals surface area contributed by atoms with E-state index in [1.807, 2.05) is 66.5 Å². The number of methoxy groups -OCH3 is 3. The predicted octanol–water partition coefficient (Wildman–Crippen LogP) is 6.09. The molecule has 0 unspecified atom stereocenters. The van der Waals surface area contributed by atoms with Crippen molar-refractivity contribution in [3.05, 3.63) is 94.6 Å². The van der Waals surface area contributed by atoms with Crippen LogP contribution in [0.2, 0.25) is 5.15 Å². The molecule has 3 aromatic carbocycles. The van der Waals surface area contributed by atoms with Crippen molar-refractivity contribution in [2.75, 3.05) is 70.9 Å². The molecule has 5 rings (SSSR count). The third-order valence-electron chi connectivity index (χ3n) is 7.81. The van der Waals surface area contributed by atoms with E-state index in [1.54, 1.807) is 27.4 Å². The first-order valence-electron chi connectivity index (χ1n) is 14.7. The number of piperazine rings is 1. The zero-order chi connectivity index (χ0) is 31.8. The average molecular weight is 648 g/mol.